The van der Waals surface area contributed by atoms with Crippen molar-refractivity contribution in [1.29, 1.82) is 0 Å². The zero-order chi connectivity index (χ0) is 26.8. The quantitative estimate of drug-likeness (QED) is 0.0977. The summed E-state index contributed by atoms with van der Waals surface area (Å²) in [5.74, 6) is 0.802. The van der Waals surface area contributed by atoms with Crippen molar-refractivity contribution >= 4 is 33.0 Å². The summed E-state index contributed by atoms with van der Waals surface area (Å²) in [5, 5.41) is 11.5. The van der Waals surface area contributed by atoms with E-state index in [0.29, 0.717) is 6.61 Å². The first-order valence-corrected chi connectivity index (χ1v) is 20.0. The number of rotatable bonds is 16. The summed E-state index contributed by atoms with van der Waals surface area (Å²) in [6.07, 6.45) is 14.7. The lowest BCUT2D eigenvalue weighted by atomic mass is 9.85. The van der Waals surface area contributed by atoms with Gasteiger partial charge in [-0.2, -0.15) is 0 Å². The zero-order valence-corrected chi connectivity index (χ0v) is 27.1. The van der Waals surface area contributed by atoms with Crippen LogP contribution in [0.5, 0.6) is 0 Å². The van der Waals surface area contributed by atoms with Crippen LogP contribution in [0.3, 0.4) is 0 Å². The smallest absolute Gasteiger partial charge is 0.192 e. The van der Waals surface area contributed by atoms with E-state index in [1.165, 1.54) is 57.0 Å². The van der Waals surface area contributed by atoms with Gasteiger partial charge in [0.1, 0.15) is 0 Å². The molecule has 0 saturated heterocycles. The number of aliphatic hydroxyl groups excluding tert-OH is 1. The third kappa shape index (κ3) is 9.56. The number of hydrogen-bond acceptors (Lipinski definition) is 6. The average Bonchev–Trinajstić information content (AvgIpc) is 2.82. The maximum absolute atomic E-state index is 10.7. The van der Waals surface area contributed by atoms with Crippen LogP contribution in [0.1, 0.15) is 92.6 Å². The molecule has 1 atom stereocenters. The molecule has 5 nitrogen and oxygen atoms in total. The number of aliphatic hydroxyl groups is 1. The van der Waals surface area contributed by atoms with Crippen molar-refractivity contribution in [3.63, 3.8) is 0 Å². The monoisotopic (exact) mass is 543 g/mol. The first-order chi connectivity index (χ1) is 16.3. The molecule has 0 aromatic carbocycles. The van der Waals surface area contributed by atoms with Gasteiger partial charge in [0, 0.05) is 23.8 Å². The van der Waals surface area contributed by atoms with Gasteiger partial charge in [-0.3, -0.25) is 0 Å². The molecule has 0 aliphatic rings. The number of nitrogens with zero attached hydrogens (tertiary/aromatic N) is 3. The first kappa shape index (κ1) is 32.8. The van der Waals surface area contributed by atoms with Gasteiger partial charge in [-0.25, -0.2) is 14.7 Å². The van der Waals surface area contributed by atoms with Gasteiger partial charge in [-0.1, -0.05) is 79.5 Å². The van der Waals surface area contributed by atoms with Gasteiger partial charge in [0.15, 0.2) is 19.3 Å². The summed E-state index contributed by atoms with van der Waals surface area (Å²) in [5.41, 5.74) is 0.340. The van der Waals surface area contributed by atoms with Crippen molar-refractivity contribution in [2.75, 3.05) is 38.0 Å². The Bertz CT molecular complexity index is 801. The van der Waals surface area contributed by atoms with Crippen LogP contribution in [0.15, 0.2) is 16.1 Å². The Morgan fingerprint density at radius 1 is 1.00 bits per heavy atom. The van der Waals surface area contributed by atoms with E-state index in [-0.39, 0.29) is 11.6 Å². The van der Waals surface area contributed by atoms with E-state index in [0.717, 1.165) is 16.5 Å². The van der Waals surface area contributed by atoms with E-state index >= 15 is 0 Å². The maximum Gasteiger partial charge on any atom is 0.192 e. The molecule has 0 fully saturated rings. The van der Waals surface area contributed by atoms with Crippen molar-refractivity contribution in [2.45, 2.75) is 116 Å². The highest BCUT2D eigenvalue weighted by molar-refractivity contribution is 7.98. The van der Waals surface area contributed by atoms with Crippen molar-refractivity contribution in [1.82, 2.24) is 9.97 Å². The fraction of sp³-hybridized carbons (Fsp3) is 0.852. The molecular weight excluding hydrogens is 489 g/mol. The second kappa shape index (κ2) is 14.7. The van der Waals surface area contributed by atoms with E-state index in [1.807, 2.05) is 12.5 Å². The van der Waals surface area contributed by atoms with E-state index < -0.39 is 20.8 Å². The van der Waals surface area contributed by atoms with Gasteiger partial charge in [-0.15, -0.1) is 0 Å². The lowest BCUT2D eigenvalue weighted by Crippen LogP contribution is -2.45. The molecule has 0 amide bonds. The molecular formula is C27H54N3O2PSSi. The molecule has 0 saturated carbocycles. The standard InChI is InChI=1S/C27H54N3O2PSSi/c1-11-14-17-33(18-15-12-2,19-16-13-3)30-24-23(20-28-25(29-24)34-8)27(7,21-31)22-32-35(9,10)26(4,5)6/h20,31H,11-19,21-22H2,1-10H3. The minimum atomic E-state index is -1.98. The second-order valence-corrected chi connectivity index (χ2v) is 21.1. The van der Waals surface area contributed by atoms with Gasteiger partial charge in [-0.05, 0) is 69.2 Å². The molecule has 1 aromatic heterocycles. The summed E-state index contributed by atoms with van der Waals surface area (Å²) >= 11 is 1.55. The molecule has 1 unspecified atom stereocenters. The summed E-state index contributed by atoms with van der Waals surface area (Å²) in [6.45, 7) is 20.6. The highest BCUT2D eigenvalue weighted by Gasteiger charge is 2.40. The van der Waals surface area contributed by atoms with Crippen LogP contribution in [0, 0.1) is 0 Å². The normalized spacial score (nSPS) is 14.7. The third-order valence-electron chi connectivity index (χ3n) is 7.58. The van der Waals surface area contributed by atoms with Crippen molar-refractivity contribution in [3.05, 3.63) is 11.8 Å². The van der Waals surface area contributed by atoms with Crippen molar-refractivity contribution in [2.24, 2.45) is 4.74 Å². The zero-order valence-electron chi connectivity index (χ0n) is 24.4. The number of aromatic nitrogens is 2. The Morgan fingerprint density at radius 3 is 1.91 bits per heavy atom. The van der Waals surface area contributed by atoms with Crippen LogP contribution in [0.25, 0.3) is 0 Å². The Balaban J connectivity index is 3.67. The van der Waals surface area contributed by atoms with Gasteiger partial charge in [0.05, 0.1) is 6.61 Å². The molecule has 0 aliphatic heterocycles. The third-order valence-corrected chi connectivity index (χ3v) is 16.7. The molecule has 0 aliphatic carbocycles. The van der Waals surface area contributed by atoms with Crippen LogP contribution in [0.2, 0.25) is 18.1 Å². The topological polar surface area (TPSA) is 67.6 Å². The maximum atomic E-state index is 10.7. The molecule has 0 bridgehead atoms. The van der Waals surface area contributed by atoms with Gasteiger partial charge >= 0.3 is 0 Å². The number of thioether (sulfide) groups is 1. The Morgan fingerprint density at radius 2 is 1.51 bits per heavy atom. The van der Waals surface area contributed by atoms with E-state index in [2.05, 4.69) is 66.5 Å². The predicted molar refractivity (Wildman–Crippen MR) is 160 cm³/mol. The van der Waals surface area contributed by atoms with E-state index in [1.54, 1.807) is 11.8 Å². The highest BCUT2D eigenvalue weighted by atomic mass is 32.2. The first-order valence-electron chi connectivity index (χ1n) is 13.6. The fourth-order valence-corrected chi connectivity index (χ4v) is 9.45. The van der Waals surface area contributed by atoms with Crippen LogP contribution in [0.4, 0.5) is 5.82 Å². The second-order valence-electron chi connectivity index (χ2n) is 11.8. The Labute approximate surface area is 222 Å². The van der Waals surface area contributed by atoms with Crippen LogP contribution in [-0.4, -0.2) is 61.3 Å². The van der Waals surface area contributed by atoms with Crippen LogP contribution in [-0.2, 0) is 9.84 Å². The summed E-state index contributed by atoms with van der Waals surface area (Å²) in [4.78, 5) is 9.60. The van der Waals surface area contributed by atoms with Gasteiger partial charge in [0.2, 0.25) is 0 Å². The molecule has 0 radical (unpaired) electrons. The summed E-state index contributed by atoms with van der Waals surface area (Å²) < 4.78 is 12.2. The summed E-state index contributed by atoms with van der Waals surface area (Å²) in [7, 11) is -3.55. The van der Waals surface area contributed by atoms with E-state index in [9.17, 15) is 5.11 Å². The minimum Gasteiger partial charge on any atom is -0.416 e. The molecule has 1 N–H and O–H groups in total. The molecule has 204 valence electrons. The van der Waals surface area contributed by atoms with Gasteiger partial charge < -0.3 is 9.53 Å². The lowest BCUT2D eigenvalue weighted by Gasteiger charge is -2.39. The SMILES string of the molecule is CCCCP(CCCC)(CCCC)=Nc1nc(SC)ncc1C(C)(CO)CO[Si](C)(C)C(C)(C)C. The summed E-state index contributed by atoms with van der Waals surface area (Å²) in [6, 6.07) is 0. The minimum absolute atomic E-state index is 0.0174. The largest absolute Gasteiger partial charge is 0.416 e. The molecule has 1 rings (SSSR count). The van der Waals surface area contributed by atoms with Crippen LogP contribution < -0.4 is 0 Å². The predicted octanol–water partition coefficient (Wildman–Crippen LogP) is 8.70. The Kier molecular flexibility index (Phi) is 13.7. The van der Waals surface area contributed by atoms with Gasteiger partial charge in [0.25, 0.3) is 0 Å². The Hall–Kier alpha value is -0.203. The van der Waals surface area contributed by atoms with E-state index in [4.69, 9.17) is 14.2 Å². The number of unbranched alkanes of at least 4 members (excludes halogenated alkanes) is 3. The average molecular weight is 544 g/mol. The van der Waals surface area contributed by atoms with Crippen molar-refractivity contribution in [3.8, 4) is 0 Å². The van der Waals surface area contributed by atoms with Crippen molar-refractivity contribution < 1.29 is 9.53 Å². The number of hydrogen-bond donors (Lipinski definition) is 1. The highest BCUT2D eigenvalue weighted by Crippen LogP contribution is 2.55. The lowest BCUT2D eigenvalue weighted by molar-refractivity contribution is 0.133. The molecule has 1 heterocycles. The molecule has 0 spiro atoms. The van der Waals surface area contributed by atoms with Crippen LogP contribution >= 0.6 is 18.8 Å². The molecule has 35 heavy (non-hydrogen) atoms. The fourth-order valence-electron chi connectivity index (χ4n) is 3.77. The molecule has 8 heteroatoms. The molecule has 1 aromatic rings.